The van der Waals surface area contributed by atoms with Gasteiger partial charge in [-0.3, -0.25) is 28.4 Å². The van der Waals surface area contributed by atoms with Gasteiger partial charge in [-0.1, -0.05) is 154 Å². The van der Waals surface area contributed by atoms with Crippen molar-refractivity contribution < 1.29 is 114 Å². The standard InChI is InChI=1S/C29H53NO5Si2.C20H39NO5Si.C17H34N2O4Si.C11H18N2O5.C11H18N2O4.C4H10.CH3F.CH4/c1-14-23(22-34-36(12,13)28(5,6)7)25(30-26(31)35-27(2,3)4)20-21-33-37(32-11,29(8,9)10)24-18-16-15-17-19-24;1-11-15(14-25-27(9,10)20(5,6)7)16(12-13-17(22)24-8)21-18(23)26-19(2,3)4;1-16(2,3)23-15(21)19-13-9-14(20)18-10-12(13)11-22-24(7,8)17(4,5)6;1-11(2,3)18-10(17)13-7-4-8(14)12-5-6(7)9(15)16;1-11(2,3)17-10(16)13-8-4-9(15)12-5-7(8)6-14;1-4(2)3;1-2;/h14-19,23,25H,1,20-22H2,2-13H3,(H,30,31);11,15-16H,1,12-14H2,2-10H3,(H,21,23);12-13H,9-11H2,1-8H3,(H,18,20)(H,19,21);6-7H,4-5H2,1-3H3,(H,12,14)(H,13,17)(H,15,16);6-8H,4-5H2,1-3H3,(H,12,15)(H,13,16);4H,1-3H3;1H3;1H4/t23-,25+,37?;15?,16-;12?,13-;6-,7-;7-,8+;;;/m01110.../s1/i;;;;;;1D;. The number of hydrogen-bond acceptors (Lipinski definition) is 22. The van der Waals surface area contributed by atoms with E-state index >= 15 is 0 Å². The van der Waals surface area contributed by atoms with Crippen molar-refractivity contribution in [1.82, 2.24) is 42.5 Å². The molecule has 0 spiro atoms. The van der Waals surface area contributed by atoms with Crippen molar-refractivity contribution in [3.63, 3.8) is 0 Å². The number of ether oxygens (including phenoxy) is 6. The summed E-state index contributed by atoms with van der Waals surface area (Å²) in [6, 6.07) is 8.10. The van der Waals surface area contributed by atoms with E-state index in [2.05, 4.69) is 211 Å². The van der Waals surface area contributed by atoms with Gasteiger partial charge in [-0.25, -0.2) is 24.0 Å². The molecule has 1 aromatic rings. The quantitative estimate of drug-likeness (QED) is 0.0118. The summed E-state index contributed by atoms with van der Waals surface area (Å²) in [5, 5.41) is 31.8. The first kappa shape index (κ1) is 127. The van der Waals surface area contributed by atoms with E-state index in [-0.39, 0.29) is 126 Å². The molecule has 3 fully saturated rings. The van der Waals surface area contributed by atoms with Crippen LogP contribution in [0.25, 0.3) is 0 Å². The fraction of sp³-hybridized carbons (Fsp3) is 0.777. The Balaban J connectivity index is -0.000000772. The number of rotatable bonds is 29. The first-order chi connectivity index (χ1) is 58.8. The minimum Gasteiger partial charge on any atom is -0.481 e. The number of halogens is 1. The predicted octanol–water partition coefficient (Wildman–Crippen LogP) is 17.8. The molecule has 0 aliphatic carbocycles. The van der Waals surface area contributed by atoms with Crippen molar-refractivity contribution in [2.75, 3.05) is 67.4 Å². The number of carbonyl (C=O) groups is 11. The topological polar surface area (TPSA) is 406 Å². The van der Waals surface area contributed by atoms with E-state index < -0.39 is 129 Å². The van der Waals surface area contributed by atoms with Crippen molar-refractivity contribution in [3.8, 4) is 0 Å². The van der Waals surface area contributed by atoms with E-state index in [0.29, 0.717) is 45.8 Å². The third-order valence-electron chi connectivity index (χ3n) is 21.4. The number of benzene rings is 1. The number of aliphatic carboxylic acids is 1. The largest absolute Gasteiger partial charge is 0.481 e. The molecule has 11 atom stereocenters. The highest BCUT2D eigenvalue weighted by Gasteiger charge is 2.51. The Morgan fingerprint density at radius 2 is 0.838 bits per heavy atom. The first-order valence-corrected chi connectivity index (χ1v) is 55.1. The second-order valence-electron chi connectivity index (χ2n) is 43.7. The number of piperidine rings is 3. The first-order valence-electron chi connectivity index (χ1n) is 45.3. The molecule has 3 unspecified atom stereocenters. The van der Waals surface area contributed by atoms with Crippen LogP contribution in [0.4, 0.5) is 28.4 Å². The SMILES string of the molecule is C.C=CC(CO[Si](C)(C)C(C)(C)C)[C@@H](CCC(=O)OC)NC(=O)OC(C)(C)C.C=C[C@@H](CO[Si](C)(C)C(C)(C)C)[C@@H](CCO[Si](OC)(c1ccccc1)C(C)(C)C)NC(=O)OC(C)(C)C.CC(C)(C)OC(=O)N[C@@H]1CC(=O)NCC1CO[Si](C)(C)C(C)(C)C.CC(C)(C)OC(=O)N[C@@H]1CC(=O)NC[C@H]1C(=O)O.CC(C)(C)OC(=O)N[C@@H]1CC(=O)NC[C@H]1C=O.CC(C)C.[2H]CF. The summed E-state index contributed by atoms with van der Waals surface area (Å²) in [6.07, 6.45) is 3.08. The zero-order valence-corrected chi connectivity index (χ0v) is 90.1. The lowest BCUT2D eigenvalue weighted by molar-refractivity contribution is -0.144. The normalized spacial score (nSPS) is 19.0. The number of methoxy groups -OCH3 is 1. The highest BCUT2D eigenvalue weighted by Crippen LogP contribution is 2.41. The monoisotopic (exact) mass is 1920 g/mol. The summed E-state index contributed by atoms with van der Waals surface area (Å²) in [6.45, 7) is 83.4. The van der Waals surface area contributed by atoms with Gasteiger partial charge in [-0.15, -0.1) is 13.2 Å². The van der Waals surface area contributed by atoms with Crippen molar-refractivity contribution in [1.29, 1.82) is 0 Å². The molecule has 3 saturated heterocycles. The van der Waals surface area contributed by atoms with Crippen LogP contribution >= 0.6 is 0 Å². The van der Waals surface area contributed by atoms with E-state index in [1.807, 2.05) is 86.6 Å². The lowest BCUT2D eigenvalue weighted by Gasteiger charge is -2.41. The van der Waals surface area contributed by atoms with Crippen LogP contribution < -0.4 is 47.7 Å². The van der Waals surface area contributed by atoms with E-state index in [0.717, 1.165) is 17.4 Å². The molecular formula is C94H179FN8O23Si4. The summed E-state index contributed by atoms with van der Waals surface area (Å²) in [5.41, 5.74) is -3.02. The maximum absolute atomic E-state index is 12.8. The van der Waals surface area contributed by atoms with Crippen molar-refractivity contribution in [2.45, 2.75) is 371 Å². The number of carboxylic acids is 1. The lowest BCUT2D eigenvalue weighted by Crippen LogP contribution is -2.60. The molecule has 130 heavy (non-hydrogen) atoms. The number of esters is 1. The number of alkyl halides is 1. The van der Waals surface area contributed by atoms with E-state index in [1.165, 1.54) is 7.11 Å². The van der Waals surface area contributed by atoms with Crippen LogP contribution in [0.2, 0.25) is 59.4 Å². The van der Waals surface area contributed by atoms with Gasteiger partial charge in [0.1, 0.15) is 34.3 Å². The van der Waals surface area contributed by atoms with Crippen LogP contribution in [-0.2, 0) is 79.3 Å². The summed E-state index contributed by atoms with van der Waals surface area (Å²) in [4.78, 5) is 128. The van der Waals surface area contributed by atoms with Gasteiger partial charge in [0.15, 0.2) is 25.0 Å². The Bertz CT molecular complexity index is 3630. The van der Waals surface area contributed by atoms with Gasteiger partial charge in [-0.05, 0) is 182 Å². The fourth-order valence-electron chi connectivity index (χ4n) is 11.4. The summed E-state index contributed by atoms with van der Waals surface area (Å²) >= 11 is 0. The van der Waals surface area contributed by atoms with Crippen LogP contribution in [-0.4, -0.2) is 231 Å². The number of carboxylic acid groups (broad SMARTS) is 1. The Morgan fingerprint density at radius 1 is 0.508 bits per heavy atom. The molecule has 0 bridgehead atoms. The lowest BCUT2D eigenvalue weighted by atomic mass is 9.93. The van der Waals surface area contributed by atoms with Crippen LogP contribution in [0.1, 0.15) is 255 Å². The molecule has 36 heteroatoms. The number of nitrogens with one attached hydrogen (secondary N) is 8. The Labute approximate surface area is 787 Å². The summed E-state index contributed by atoms with van der Waals surface area (Å²) < 4.78 is 78.6. The molecule has 3 aliphatic heterocycles. The molecule has 3 heterocycles. The second kappa shape index (κ2) is 56.8. The van der Waals surface area contributed by atoms with Crippen LogP contribution in [0.5, 0.6) is 0 Å². The molecule has 756 valence electrons. The molecular weight excluding hydrogens is 1740 g/mol. The van der Waals surface area contributed by atoms with Gasteiger partial charge in [0.2, 0.25) is 17.7 Å². The van der Waals surface area contributed by atoms with E-state index in [9.17, 15) is 57.1 Å². The van der Waals surface area contributed by atoms with Gasteiger partial charge in [0.05, 0.1) is 39.6 Å². The number of carbonyl (C=O) groups excluding carboxylic acids is 10. The number of hydrogen-bond donors (Lipinski definition) is 9. The molecule has 1 aromatic carbocycles. The van der Waals surface area contributed by atoms with Crippen molar-refractivity contribution >= 4 is 105 Å². The van der Waals surface area contributed by atoms with Crippen molar-refractivity contribution in [3.05, 3.63) is 55.6 Å². The molecule has 0 saturated carbocycles. The van der Waals surface area contributed by atoms with Gasteiger partial charge in [-0.2, -0.15) is 0 Å². The minimum atomic E-state index is -2.80. The van der Waals surface area contributed by atoms with E-state index in [4.69, 9.17) is 57.0 Å². The Kier molecular flexibility index (Phi) is 55.4. The Morgan fingerprint density at radius 3 is 1.18 bits per heavy atom. The zero-order valence-electron chi connectivity index (χ0n) is 87.1. The molecule has 3 aliphatic rings. The molecule has 4 rings (SSSR count). The van der Waals surface area contributed by atoms with Crippen molar-refractivity contribution in [2.24, 2.45) is 35.5 Å². The molecule has 0 aromatic heterocycles. The molecule has 8 amide bonds. The van der Waals surface area contributed by atoms with E-state index in [1.54, 1.807) is 54.7 Å². The second-order valence-corrected chi connectivity index (χ2v) is 62.2. The number of alkyl carbamates (subject to hydrolysis) is 5. The highest BCUT2D eigenvalue weighted by molar-refractivity contribution is 6.83. The van der Waals surface area contributed by atoms with Gasteiger partial charge in [0, 0.05) is 120 Å². The predicted molar refractivity (Wildman–Crippen MR) is 524 cm³/mol. The molecule has 31 nitrogen and oxygen atoms in total. The third-order valence-corrected chi connectivity index (χ3v) is 39.2. The van der Waals surface area contributed by atoms with Gasteiger partial charge >= 0.3 is 51.0 Å². The molecule has 9 N–H and O–H groups in total. The zero-order chi connectivity index (χ0) is 102. The summed E-state index contributed by atoms with van der Waals surface area (Å²) in [5.74, 6) is -2.50. The van der Waals surface area contributed by atoms with Crippen LogP contribution in [0, 0.1) is 35.5 Å². The Hall–Kier alpha value is -7.33. The average Bonchev–Trinajstić information content (AvgIpc) is 0.772. The average molecular weight is 1920 g/mol. The number of aldehydes is 1. The van der Waals surface area contributed by atoms with Crippen LogP contribution in [0.15, 0.2) is 55.6 Å². The fourth-order valence-corrected chi connectivity index (χ4v) is 18.0. The molecule has 0 radical (unpaired) electrons. The third kappa shape index (κ3) is 53.5. The summed E-state index contributed by atoms with van der Waals surface area (Å²) in [7, 11) is -6.51. The van der Waals surface area contributed by atoms with Gasteiger partial charge in [0.25, 0.3) is 0 Å². The highest BCUT2D eigenvalue weighted by atomic mass is 28.4. The smallest absolute Gasteiger partial charge is 0.407 e. The van der Waals surface area contributed by atoms with Crippen LogP contribution in [0.3, 0.4) is 0 Å². The number of amides is 8. The maximum Gasteiger partial charge on any atom is 0.407 e. The minimum absolute atomic E-state index is 0. The maximum atomic E-state index is 12.8. The van der Waals surface area contributed by atoms with Gasteiger partial charge < -0.3 is 103 Å².